The maximum atomic E-state index is 11.6. The predicted octanol–water partition coefficient (Wildman–Crippen LogP) is 1.45. The van der Waals surface area contributed by atoms with Crippen molar-refractivity contribution in [1.82, 2.24) is 9.38 Å². The summed E-state index contributed by atoms with van der Waals surface area (Å²) in [7, 11) is -0.763. The SMILES string of the molecule is CC(N)c1cc(Cl)c2c(C#N)ncn2c1N1CCS(=O)CC1. The molecule has 22 heavy (non-hydrogen) atoms. The molecule has 0 bridgehead atoms. The summed E-state index contributed by atoms with van der Waals surface area (Å²) < 4.78 is 13.4. The third kappa shape index (κ3) is 2.47. The van der Waals surface area contributed by atoms with Gasteiger partial charge in [-0.2, -0.15) is 5.26 Å². The van der Waals surface area contributed by atoms with Crippen LogP contribution in [0.1, 0.15) is 24.2 Å². The number of rotatable bonds is 2. The molecule has 0 aliphatic carbocycles. The van der Waals surface area contributed by atoms with Gasteiger partial charge in [-0.15, -0.1) is 0 Å². The molecule has 0 saturated carbocycles. The van der Waals surface area contributed by atoms with Crippen LogP contribution in [0.3, 0.4) is 0 Å². The van der Waals surface area contributed by atoms with E-state index >= 15 is 0 Å². The lowest BCUT2D eigenvalue weighted by atomic mass is 10.1. The molecule has 1 unspecified atom stereocenters. The van der Waals surface area contributed by atoms with Crippen LogP contribution in [0.2, 0.25) is 5.02 Å². The Balaban J connectivity index is 2.23. The number of hydrogen-bond donors (Lipinski definition) is 1. The first-order chi connectivity index (χ1) is 10.5. The van der Waals surface area contributed by atoms with Crippen molar-refractivity contribution in [2.45, 2.75) is 13.0 Å². The summed E-state index contributed by atoms with van der Waals surface area (Å²) in [6, 6.07) is 3.66. The summed E-state index contributed by atoms with van der Waals surface area (Å²) in [5.41, 5.74) is 7.89. The van der Waals surface area contributed by atoms with Crippen LogP contribution < -0.4 is 10.6 Å². The Labute approximate surface area is 135 Å². The fourth-order valence-corrected chi connectivity index (χ4v) is 4.10. The lowest BCUT2D eigenvalue weighted by molar-refractivity contribution is 0.670. The minimum atomic E-state index is -0.763. The molecule has 8 heteroatoms. The second-order valence-corrected chi connectivity index (χ2v) is 7.42. The highest BCUT2D eigenvalue weighted by Gasteiger charge is 2.24. The zero-order valence-corrected chi connectivity index (χ0v) is 13.7. The fraction of sp³-hybridized carbons (Fsp3) is 0.429. The van der Waals surface area contributed by atoms with Crippen molar-refractivity contribution in [3.63, 3.8) is 0 Å². The zero-order chi connectivity index (χ0) is 15.9. The molecule has 6 nitrogen and oxygen atoms in total. The van der Waals surface area contributed by atoms with Crippen LogP contribution in [0.15, 0.2) is 12.4 Å². The summed E-state index contributed by atoms with van der Waals surface area (Å²) in [5.74, 6) is 2.14. The molecule has 2 aromatic heterocycles. The van der Waals surface area contributed by atoms with Crippen LogP contribution in [-0.2, 0) is 10.8 Å². The summed E-state index contributed by atoms with van der Waals surface area (Å²) in [6.45, 7) is 3.26. The topological polar surface area (TPSA) is 87.4 Å². The van der Waals surface area contributed by atoms with Crippen LogP contribution in [0.4, 0.5) is 5.82 Å². The number of aromatic nitrogens is 2. The van der Waals surface area contributed by atoms with Crippen LogP contribution >= 0.6 is 11.6 Å². The van der Waals surface area contributed by atoms with E-state index in [2.05, 4.69) is 16.0 Å². The summed E-state index contributed by atoms with van der Waals surface area (Å²) in [5, 5.41) is 9.66. The Morgan fingerprint density at radius 3 is 2.77 bits per heavy atom. The molecule has 116 valence electrons. The van der Waals surface area contributed by atoms with E-state index in [0.29, 0.717) is 40.8 Å². The molecular formula is C14H16ClN5OS. The monoisotopic (exact) mass is 337 g/mol. The number of anilines is 1. The second kappa shape index (κ2) is 5.88. The van der Waals surface area contributed by atoms with Crippen molar-refractivity contribution in [3.05, 3.63) is 28.7 Å². The molecule has 1 saturated heterocycles. The molecule has 1 aliphatic rings. The zero-order valence-electron chi connectivity index (χ0n) is 12.1. The Morgan fingerprint density at radius 2 is 2.18 bits per heavy atom. The largest absolute Gasteiger partial charge is 0.356 e. The van der Waals surface area contributed by atoms with Gasteiger partial charge in [-0.3, -0.25) is 8.61 Å². The Kier molecular flexibility index (Phi) is 4.08. The molecule has 2 aromatic rings. The van der Waals surface area contributed by atoms with Crippen molar-refractivity contribution >= 4 is 33.7 Å². The van der Waals surface area contributed by atoms with Crippen molar-refractivity contribution in [2.24, 2.45) is 5.73 Å². The highest BCUT2D eigenvalue weighted by molar-refractivity contribution is 7.85. The van der Waals surface area contributed by atoms with Crippen LogP contribution in [-0.4, -0.2) is 38.2 Å². The first-order valence-electron chi connectivity index (χ1n) is 6.98. The first-order valence-corrected chi connectivity index (χ1v) is 8.84. The van der Waals surface area contributed by atoms with Crippen LogP contribution in [0.25, 0.3) is 5.52 Å². The molecule has 2 N–H and O–H groups in total. The van der Waals surface area contributed by atoms with Gasteiger partial charge in [0.05, 0.1) is 5.02 Å². The average Bonchev–Trinajstić information content (AvgIpc) is 2.92. The number of nitriles is 1. The third-order valence-corrected chi connectivity index (χ3v) is 5.40. The molecule has 1 fully saturated rings. The highest BCUT2D eigenvalue weighted by atomic mass is 35.5. The highest BCUT2D eigenvalue weighted by Crippen LogP contribution is 2.33. The number of nitrogens with zero attached hydrogens (tertiary/aromatic N) is 4. The average molecular weight is 338 g/mol. The van der Waals surface area contributed by atoms with Gasteiger partial charge < -0.3 is 10.6 Å². The number of fused-ring (bicyclic) bond motifs is 1. The molecular weight excluding hydrogens is 322 g/mol. The van der Waals surface area contributed by atoms with E-state index in [-0.39, 0.29) is 6.04 Å². The fourth-order valence-electron chi connectivity index (χ4n) is 2.75. The van der Waals surface area contributed by atoms with E-state index in [9.17, 15) is 9.47 Å². The molecule has 0 amide bonds. The molecule has 1 atom stereocenters. The Hall–Kier alpha value is -1.62. The van der Waals surface area contributed by atoms with Crippen LogP contribution in [0, 0.1) is 11.3 Å². The first kappa shape index (κ1) is 15.3. The van der Waals surface area contributed by atoms with E-state index in [0.717, 1.165) is 11.4 Å². The quantitative estimate of drug-likeness (QED) is 0.896. The van der Waals surface area contributed by atoms with Gasteiger partial charge in [0.2, 0.25) is 0 Å². The summed E-state index contributed by atoms with van der Waals surface area (Å²) >= 11 is 6.33. The van der Waals surface area contributed by atoms with Gasteiger partial charge in [0, 0.05) is 47.0 Å². The van der Waals surface area contributed by atoms with Gasteiger partial charge in [0.1, 0.15) is 23.7 Å². The molecule has 0 aromatic carbocycles. The lowest BCUT2D eigenvalue weighted by Gasteiger charge is -2.31. The molecule has 1 aliphatic heterocycles. The lowest BCUT2D eigenvalue weighted by Crippen LogP contribution is -2.39. The van der Waals surface area contributed by atoms with Gasteiger partial charge in [0.15, 0.2) is 5.69 Å². The summed E-state index contributed by atoms with van der Waals surface area (Å²) in [6.07, 6.45) is 1.60. The van der Waals surface area contributed by atoms with Gasteiger partial charge >= 0.3 is 0 Å². The third-order valence-electron chi connectivity index (χ3n) is 3.84. The van der Waals surface area contributed by atoms with Crippen molar-refractivity contribution < 1.29 is 4.21 Å². The van der Waals surface area contributed by atoms with E-state index in [1.54, 1.807) is 6.33 Å². The predicted molar refractivity (Wildman–Crippen MR) is 87.6 cm³/mol. The van der Waals surface area contributed by atoms with E-state index in [1.807, 2.05) is 17.4 Å². The number of halogens is 1. The Bertz CT molecular complexity index is 785. The normalized spacial score (nSPS) is 17.6. The number of pyridine rings is 1. The second-order valence-electron chi connectivity index (χ2n) is 5.32. The molecule has 3 rings (SSSR count). The van der Waals surface area contributed by atoms with Gasteiger partial charge in [-0.05, 0) is 13.0 Å². The smallest absolute Gasteiger partial charge is 0.167 e. The van der Waals surface area contributed by atoms with Gasteiger partial charge in [0.25, 0.3) is 0 Å². The number of nitrogens with two attached hydrogens (primary N) is 1. The Morgan fingerprint density at radius 1 is 1.50 bits per heavy atom. The van der Waals surface area contributed by atoms with Gasteiger partial charge in [-0.25, -0.2) is 4.98 Å². The molecule has 3 heterocycles. The van der Waals surface area contributed by atoms with Crippen molar-refractivity contribution in [1.29, 1.82) is 5.26 Å². The maximum absolute atomic E-state index is 11.6. The van der Waals surface area contributed by atoms with Gasteiger partial charge in [-0.1, -0.05) is 11.6 Å². The summed E-state index contributed by atoms with van der Waals surface area (Å²) in [4.78, 5) is 6.28. The van der Waals surface area contributed by atoms with E-state index in [4.69, 9.17) is 17.3 Å². The maximum Gasteiger partial charge on any atom is 0.167 e. The number of hydrogen-bond acceptors (Lipinski definition) is 5. The molecule has 0 spiro atoms. The molecule has 0 radical (unpaired) electrons. The van der Waals surface area contributed by atoms with E-state index < -0.39 is 10.8 Å². The van der Waals surface area contributed by atoms with Crippen LogP contribution in [0.5, 0.6) is 0 Å². The van der Waals surface area contributed by atoms with Crippen molar-refractivity contribution in [2.75, 3.05) is 29.5 Å². The minimum absolute atomic E-state index is 0.211. The minimum Gasteiger partial charge on any atom is -0.356 e. The standard InChI is InChI=1S/C14H16ClN5OS/c1-9(17)10-6-11(15)13-12(7-16)18-8-20(13)14(10)19-2-4-22(21)5-3-19/h6,8-9H,2-5,17H2,1H3. The van der Waals surface area contributed by atoms with Crippen molar-refractivity contribution in [3.8, 4) is 6.07 Å². The van der Waals surface area contributed by atoms with E-state index in [1.165, 1.54) is 0 Å². The number of imidazole rings is 1.